The van der Waals surface area contributed by atoms with E-state index < -0.39 is 0 Å². The van der Waals surface area contributed by atoms with Gasteiger partial charge in [0.1, 0.15) is 0 Å². The second-order valence-corrected chi connectivity index (χ2v) is 8.12. The zero-order valence-corrected chi connectivity index (χ0v) is 20.7. The first-order valence-corrected chi connectivity index (χ1v) is 11.1. The molecule has 3 N–H and O–H groups in total. The lowest BCUT2D eigenvalue weighted by Gasteiger charge is -2.12. The summed E-state index contributed by atoms with van der Waals surface area (Å²) in [5.41, 5.74) is 2.95. The zero-order chi connectivity index (χ0) is 20.5. The number of rotatable bonds is 8. The van der Waals surface area contributed by atoms with E-state index in [0.29, 0.717) is 18.7 Å². The van der Waals surface area contributed by atoms with Crippen LogP contribution >= 0.6 is 35.3 Å². The van der Waals surface area contributed by atoms with Gasteiger partial charge in [0.15, 0.2) is 5.96 Å². The SMILES string of the molecule is CCNC(=NCc1cccc(C(=O)NCC2CCCO2)c1)NCc1sccc1C.I. The first kappa shape index (κ1) is 24.6. The fourth-order valence-corrected chi connectivity index (χ4v) is 4.03. The third-order valence-electron chi connectivity index (χ3n) is 4.85. The van der Waals surface area contributed by atoms with Crippen LogP contribution in [0.3, 0.4) is 0 Å². The van der Waals surface area contributed by atoms with Gasteiger partial charge in [-0.15, -0.1) is 35.3 Å². The molecule has 1 aliphatic heterocycles. The smallest absolute Gasteiger partial charge is 0.251 e. The lowest BCUT2D eigenvalue weighted by Crippen LogP contribution is -2.36. The molecule has 0 saturated carbocycles. The fourth-order valence-electron chi connectivity index (χ4n) is 3.19. The minimum Gasteiger partial charge on any atom is -0.376 e. The van der Waals surface area contributed by atoms with E-state index in [2.05, 4.69) is 39.3 Å². The van der Waals surface area contributed by atoms with Gasteiger partial charge in [-0.25, -0.2) is 4.99 Å². The van der Waals surface area contributed by atoms with Crippen molar-refractivity contribution < 1.29 is 9.53 Å². The molecule has 0 bridgehead atoms. The Labute approximate surface area is 199 Å². The van der Waals surface area contributed by atoms with Gasteiger partial charge in [-0.05, 0) is 61.4 Å². The highest BCUT2D eigenvalue weighted by molar-refractivity contribution is 14.0. The number of nitrogens with zero attached hydrogens (tertiary/aromatic N) is 1. The number of hydrogen-bond donors (Lipinski definition) is 3. The summed E-state index contributed by atoms with van der Waals surface area (Å²) in [7, 11) is 0. The van der Waals surface area contributed by atoms with E-state index in [1.165, 1.54) is 10.4 Å². The van der Waals surface area contributed by atoms with Gasteiger partial charge >= 0.3 is 0 Å². The van der Waals surface area contributed by atoms with Crippen LogP contribution < -0.4 is 16.0 Å². The van der Waals surface area contributed by atoms with Gasteiger partial charge in [0.2, 0.25) is 0 Å². The molecule has 2 heterocycles. The summed E-state index contributed by atoms with van der Waals surface area (Å²) in [5.74, 6) is 0.707. The molecule has 1 aromatic carbocycles. The molecule has 3 rings (SSSR count). The van der Waals surface area contributed by atoms with E-state index in [0.717, 1.165) is 44.1 Å². The molecule has 1 aliphatic rings. The van der Waals surface area contributed by atoms with Crippen molar-refractivity contribution in [1.82, 2.24) is 16.0 Å². The number of amides is 1. The zero-order valence-electron chi connectivity index (χ0n) is 17.6. The number of benzene rings is 1. The Kier molecular flexibility index (Phi) is 10.6. The van der Waals surface area contributed by atoms with E-state index in [1.807, 2.05) is 31.2 Å². The van der Waals surface area contributed by atoms with Crippen molar-refractivity contribution in [3.63, 3.8) is 0 Å². The van der Waals surface area contributed by atoms with Crippen molar-refractivity contribution >= 4 is 47.2 Å². The Morgan fingerprint density at radius 1 is 1.27 bits per heavy atom. The highest BCUT2D eigenvalue weighted by Gasteiger charge is 2.16. The molecule has 2 aromatic rings. The first-order chi connectivity index (χ1) is 14.2. The molecule has 1 aromatic heterocycles. The van der Waals surface area contributed by atoms with Crippen LogP contribution in [0.25, 0.3) is 0 Å². The molecule has 0 aliphatic carbocycles. The Morgan fingerprint density at radius 2 is 2.13 bits per heavy atom. The summed E-state index contributed by atoms with van der Waals surface area (Å²) >= 11 is 1.74. The minimum absolute atomic E-state index is 0. The summed E-state index contributed by atoms with van der Waals surface area (Å²) < 4.78 is 5.56. The lowest BCUT2D eigenvalue weighted by atomic mass is 10.1. The van der Waals surface area contributed by atoms with E-state index in [4.69, 9.17) is 4.74 Å². The van der Waals surface area contributed by atoms with Crippen molar-refractivity contribution in [3.8, 4) is 0 Å². The molecule has 1 unspecified atom stereocenters. The maximum absolute atomic E-state index is 12.4. The minimum atomic E-state index is -0.0652. The van der Waals surface area contributed by atoms with Crippen LogP contribution in [0.1, 0.15) is 46.1 Å². The summed E-state index contributed by atoms with van der Waals surface area (Å²) in [6, 6.07) is 9.76. The number of thiophene rings is 1. The number of carbonyl (C=O) groups is 1. The normalized spacial score (nSPS) is 16.1. The summed E-state index contributed by atoms with van der Waals surface area (Å²) in [6.45, 7) is 7.58. The summed E-state index contributed by atoms with van der Waals surface area (Å²) in [5, 5.41) is 11.7. The molecule has 0 radical (unpaired) electrons. The molecule has 1 atom stereocenters. The van der Waals surface area contributed by atoms with Crippen molar-refractivity contribution in [2.24, 2.45) is 4.99 Å². The number of guanidine groups is 1. The van der Waals surface area contributed by atoms with Crippen molar-refractivity contribution in [2.45, 2.75) is 45.9 Å². The predicted molar refractivity (Wildman–Crippen MR) is 134 cm³/mol. The second kappa shape index (κ2) is 12.9. The van der Waals surface area contributed by atoms with Gasteiger partial charge in [0.05, 0.1) is 19.2 Å². The average molecular weight is 542 g/mol. The van der Waals surface area contributed by atoms with Gasteiger partial charge in [0.25, 0.3) is 5.91 Å². The Bertz CT molecular complexity index is 834. The molecular formula is C22H31IN4O2S. The highest BCUT2D eigenvalue weighted by Crippen LogP contribution is 2.15. The van der Waals surface area contributed by atoms with Crippen LogP contribution in [-0.2, 0) is 17.8 Å². The number of aliphatic imine (C=N–C) groups is 1. The Balaban J connectivity index is 0.00000320. The van der Waals surface area contributed by atoms with Crippen molar-refractivity contribution in [2.75, 3.05) is 19.7 Å². The number of aryl methyl sites for hydroxylation is 1. The molecule has 164 valence electrons. The molecule has 8 heteroatoms. The van der Waals surface area contributed by atoms with E-state index >= 15 is 0 Å². The fraction of sp³-hybridized carbons (Fsp3) is 0.455. The standard InChI is InChI=1S/C22H30N4O2S.HI/c1-3-23-22(26-15-20-16(2)9-11-29-20)25-13-17-6-4-7-18(12-17)21(27)24-14-19-8-5-10-28-19;/h4,6-7,9,11-12,19H,3,5,8,10,13-15H2,1-2H3,(H,24,27)(H2,23,25,26);1H. The molecule has 30 heavy (non-hydrogen) atoms. The topological polar surface area (TPSA) is 74.8 Å². The van der Waals surface area contributed by atoms with Crippen molar-refractivity contribution in [3.05, 3.63) is 57.3 Å². The monoisotopic (exact) mass is 542 g/mol. The third kappa shape index (κ3) is 7.55. The maximum Gasteiger partial charge on any atom is 0.251 e. The van der Waals surface area contributed by atoms with Crippen molar-refractivity contribution in [1.29, 1.82) is 0 Å². The Morgan fingerprint density at radius 3 is 2.83 bits per heavy atom. The van der Waals surface area contributed by atoms with Gasteiger partial charge in [-0.3, -0.25) is 4.79 Å². The number of ether oxygens (including phenoxy) is 1. The molecule has 6 nitrogen and oxygen atoms in total. The third-order valence-corrected chi connectivity index (χ3v) is 5.87. The van der Waals surface area contributed by atoms with Gasteiger partial charge < -0.3 is 20.7 Å². The Hall–Kier alpha value is -1.65. The number of halogens is 1. The van der Waals surface area contributed by atoms with E-state index in [1.54, 1.807) is 11.3 Å². The summed E-state index contributed by atoms with van der Waals surface area (Å²) in [6.07, 6.45) is 2.23. The lowest BCUT2D eigenvalue weighted by molar-refractivity contribution is 0.0857. The van der Waals surface area contributed by atoms with E-state index in [9.17, 15) is 4.79 Å². The van der Waals surface area contributed by atoms with E-state index in [-0.39, 0.29) is 36.0 Å². The maximum atomic E-state index is 12.4. The highest BCUT2D eigenvalue weighted by atomic mass is 127. The number of carbonyl (C=O) groups excluding carboxylic acids is 1. The quantitative estimate of drug-likeness (QED) is 0.269. The van der Waals surface area contributed by atoms with Crippen LogP contribution in [0.5, 0.6) is 0 Å². The van der Waals surface area contributed by atoms with Crippen LogP contribution in [0, 0.1) is 6.92 Å². The largest absolute Gasteiger partial charge is 0.376 e. The molecule has 0 spiro atoms. The van der Waals surface area contributed by atoms with Crippen LogP contribution in [0.15, 0.2) is 40.7 Å². The molecule has 1 amide bonds. The second-order valence-electron chi connectivity index (χ2n) is 7.12. The van der Waals surface area contributed by atoms with Crippen LogP contribution in [-0.4, -0.2) is 37.7 Å². The van der Waals surface area contributed by atoms with Gasteiger partial charge in [-0.2, -0.15) is 0 Å². The average Bonchev–Trinajstić information content (AvgIpc) is 3.40. The number of nitrogens with one attached hydrogen (secondary N) is 3. The molecular weight excluding hydrogens is 511 g/mol. The summed E-state index contributed by atoms with van der Waals surface area (Å²) in [4.78, 5) is 18.4. The first-order valence-electron chi connectivity index (χ1n) is 10.2. The predicted octanol–water partition coefficient (Wildman–Crippen LogP) is 3.84. The van der Waals surface area contributed by atoms with Crippen LogP contribution in [0.4, 0.5) is 0 Å². The number of hydrogen-bond acceptors (Lipinski definition) is 4. The molecule has 1 saturated heterocycles. The molecule has 1 fully saturated rings. The van der Waals surface area contributed by atoms with Crippen LogP contribution in [0.2, 0.25) is 0 Å². The van der Waals surface area contributed by atoms with Gasteiger partial charge in [-0.1, -0.05) is 12.1 Å². The van der Waals surface area contributed by atoms with Gasteiger partial charge in [0, 0.05) is 30.1 Å².